The molecule has 0 unspecified atom stereocenters. The van der Waals surface area contributed by atoms with E-state index in [9.17, 15) is 4.79 Å². The number of carbonyl (C=O) groups is 1. The second kappa shape index (κ2) is 8.42. The summed E-state index contributed by atoms with van der Waals surface area (Å²) in [6, 6.07) is 15.8. The molecule has 1 heterocycles. The Balaban J connectivity index is 1.73. The van der Waals surface area contributed by atoms with Gasteiger partial charge in [0, 0.05) is 6.07 Å². The molecule has 7 heteroatoms. The Bertz CT molecular complexity index is 945. The van der Waals surface area contributed by atoms with Crippen LogP contribution in [0.25, 0.3) is 0 Å². The molecule has 0 saturated heterocycles. The highest BCUT2D eigenvalue weighted by atomic mass is 35.5. The van der Waals surface area contributed by atoms with Gasteiger partial charge >= 0.3 is 0 Å². The van der Waals surface area contributed by atoms with Crippen molar-refractivity contribution < 1.29 is 14.3 Å². The standard InChI is InChI=1S/C20H18ClN3O3/c1-26-14-8-9-18(27-2)17(11-14)23-13-7-10-19(22-12-13)24-20(25)15-5-3-4-6-16(15)21/h3-12,23H,1-2H3,(H,22,24,25). The molecule has 0 aliphatic carbocycles. The van der Waals surface area contributed by atoms with Gasteiger partial charge in [0.25, 0.3) is 5.91 Å². The molecule has 2 N–H and O–H groups in total. The van der Waals surface area contributed by atoms with Gasteiger partial charge in [0.05, 0.1) is 42.4 Å². The van der Waals surface area contributed by atoms with Crippen molar-refractivity contribution in [2.75, 3.05) is 24.9 Å². The number of pyridine rings is 1. The van der Waals surface area contributed by atoms with E-state index in [-0.39, 0.29) is 5.91 Å². The largest absolute Gasteiger partial charge is 0.497 e. The first-order chi connectivity index (χ1) is 13.1. The highest BCUT2D eigenvalue weighted by Crippen LogP contribution is 2.31. The number of carbonyl (C=O) groups excluding carboxylic acids is 1. The third-order valence-electron chi connectivity index (χ3n) is 3.81. The Labute approximate surface area is 162 Å². The maximum atomic E-state index is 12.3. The summed E-state index contributed by atoms with van der Waals surface area (Å²) in [6.07, 6.45) is 1.61. The van der Waals surface area contributed by atoms with E-state index < -0.39 is 0 Å². The van der Waals surface area contributed by atoms with Crippen molar-refractivity contribution in [3.63, 3.8) is 0 Å². The van der Waals surface area contributed by atoms with Crippen LogP contribution in [0.15, 0.2) is 60.8 Å². The molecule has 6 nitrogen and oxygen atoms in total. The Morgan fingerprint density at radius 3 is 2.52 bits per heavy atom. The van der Waals surface area contributed by atoms with Crippen LogP contribution in [-0.2, 0) is 0 Å². The Hall–Kier alpha value is -3.25. The highest BCUT2D eigenvalue weighted by molar-refractivity contribution is 6.34. The zero-order chi connectivity index (χ0) is 19.2. The van der Waals surface area contributed by atoms with Crippen LogP contribution in [0.2, 0.25) is 5.02 Å². The van der Waals surface area contributed by atoms with E-state index in [4.69, 9.17) is 21.1 Å². The molecule has 0 bridgehead atoms. The number of nitrogens with zero attached hydrogens (tertiary/aromatic N) is 1. The number of methoxy groups -OCH3 is 2. The van der Waals surface area contributed by atoms with Gasteiger partial charge in [-0.15, -0.1) is 0 Å². The molecule has 0 saturated carbocycles. The summed E-state index contributed by atoms with van der Waals surface area (Å²) in [6.45, 7) is 0. The van der Waals surface area contributed by atoms with Crippen molar-refractivity contribution >= 4 is 34.7 Å². The van der Waals surface area contributed by atoms with Crippen LogP contribution >= 0.6 is 11.6 Å². The normalized spacial score (nSPS) is 10.2. The molecular formula is C20H18ClN3O3. The molecule has 3 rings (SSSR count). The molecule has 3 aromatic rings. The number of nitrogens with one attached hydrogen (secondary N) is 2. The topological polar surface area (TPSA) is 72.5 Å². The summed E-state index contributed by atoms with van der Waals surface area (Å²) in [5.74, 6) is 1.48. The number of halogens is 1. The molecule has 138 valence electrons. The average Bonchev–Trinajstić information content (AvgIpc) is 2.69. The fourth-order valence-corrected chi connectivity index (χ4v) is 2.66. The number of ether oxygens (including phenoxy) is 2. The number of anilines is 3. The first kappa shape index (κ1) is 18.5. The molecule has 1 aromatic heterocycles. The van der Waals surface area contributed by atoms with Crippen molar-refractivity contribution in [2.45, 2.75) is 0 Å². The van der Waals surface area contributed by atoms with Crippen LogP contribution in [0.4, 0.5) is 17.2 Å². The predicted molar refractivity (Wildman–Crippen MR) is 106 cm³/mol. The second-order valence-electron chi connectivity index (χ2n) is 5.56. The fourth-order valence-electron chi connectivity index (χ4n) is 2.44. The summed E-state index contributed by atoms with van der Waals surface area (Å²) in [5.41, 5.74) is 1.87. The lowest BCUT2D eigenvalue weighted by Crippen LogP contribution is -2.13. The molecule has 0 aliphatic rings. The maximum absolute atomic E-state index is 12.3. The second-order valence-corrected chi connectivity index (χ2v) is 5.96. The highest BCUT2D eigenvalue weighted by Gasteiger charge is 2.11. The lowest BCUT2D eigenvalue weighted by Gasteiger charge is -2.13. The number of hydrogen-bond acceptors (Lipinski definition) is 5. The van der Waals surface area contributed by atoms with Crippen LogP contribution in [0.5, 0.6) is 11.5 Å². The quantitative estimate of drug-likeness (QED) is 0.642. The van der Waals surface area contributed by atoms with Gasteiger partial charge in [-0.05, 0) is 36.4 Å². The third kappa shape index (κ3) is 4.48. The fraction of sp³-hybridized carbons (Fsp3) is 0.100. The number of benzene rings is 2. The number of aromatic nitrogens is 1. The van der Waals surface area contributed by atoms with Crippen LogP contribution in [-0.4, -0.2) is 25.1 Å². The summed E-state index contributed by atoms with van der Waals surface area (Å²) >= 11 is 6.04. The Morgan fingerprint density at radius 1 is 1.04 bits per heavy atom. The van der Waals surface area contributed by atoms with E-state index in [0.717, 1.165) is 11.4 Å². The molecule has 0 aliphatic heterocycles. The van der Waals surface area contributed by atoms with E-state index >= 15 is 0 Å². The monoisotopic (exact) mass is 383 g/mol. The zero-order valence-corrected chi connectivity index (χ0v) is 15.6. The minimum Gasteiger partial charge on any atom is -0.497 e. The SMILES string of the molecule is COc1ccc(OC)c(Nc2ccc(NC(=O)c3ccccc3Cl)nc2)c1. The van der Waals surface area contributed by atoms with Gasteiger partial charge in [0.2, 0.25) is 0 Å². The lowest BCUT2D eigenvalue weighted by atomic mass is 10.2. The van der Waals surface area contributed by atoms with Gasteiger partial charge in [-0.3, -0.25) is 4.79 Å². The summed E-state index contributed by atoms with van der Waals surface area (Å²) in [4.78, 5) is 16.5. The van der Waals surface area contributed by atoms with E-state index in [1.807, 2.05) is 18.2 Å². The molecule has 0 atom stereocenters. The van der Waals surface area contributed by atoms with Crippen LogP contribution in [0.3, 0.4) is 0 Å². The van der Waals surface area contributed by atoms with Crippen LogP contribution < -0.4 is 20.1 Å². The smallest absolute Gasteiger partial charge is 0.258 e. The van der Waals surface area contributed by atoms with Crippen LogP contribution in [0.1, 0.15) is 10.4 Å². The van der Waals surface area contributed by atoms with Gasteiger partial charge in [-0.1, -0.05) is 23.7 Å². The Kier molecular flexibility index (Phi) is 5.78. The molecule has 27 heavy (non-hydrogen) atoms. The number of hydrogen-bond donors (Lipinski definition) is 2. The van der Waals surface area contributed by atoms with Gasteiger partial charge in [-0.2, -0.15) is 0 Å². The average molecular weight is 384 g/mol. The molecule has 0 spiro atoms. The van der Waals surface area contributed by atoms with Gasteiger partial charge in [0.1, 0.15) is 17.3 Å². The third-order valence-corrected chi connectivity index (χ3v) is 4.14. The summed E-state index contributed by atoms with van der Waals surface area (Å²) in [5, 5.41) is 6.33. The maximum Gasteiger partial charge on any atom is 0.258 e. The van der Waals surface area contributed by atoms with Gasteiger partial charge in [-0.25, -0.2) is 4.98 Å². The van der Waals surface area contributed by atoms with Gasteiger partial charge in [0.15, 0.2) is 0 Å². The number of rotatable bonds is 6. The van der Waals surface area contributed by atoms with Gasteiger partial charge < -0.3 is 20.1 Å². The minimum absolute atomic E-state index is 0.316. The van der Waals surface area contributed by atoms with Crippen molar-refractivity contribution in [1.29, 1.82) is 0 Å². The van der Waals surface area contributed by atoms with Crippen molar-refractivity contribution in [3.8, 4) is 11.5 Å². The van der Waals surface area contributed by atoms with Crippen molar-refractivity contribution in [2.24, 2.45) is 0 Å². The minimum atomic E-state index is -0.316. The van der Waals surface area contributed by atoms with E-state index in [0.29, 0.717) is 27.9 Å². The molecular weight excluding hydrogens is 366 g/mol. The molecule has 0 radical (unpaired) electrons. The molecule has 0 fully saturated rings. The van der Waals surface area contributed by atoms with E-state index in [2.05, 4.69) is 15.6 Å². The van der Waals surface area contributed by atoms with E-state index in [1.54, 1.807) is 56.8 Å². The first-order valence-electron chi connectivity index (χ1n) is 8.11. The van der Waals surface area contributed by atoms with Crippen molar-refractivity contribution in [3.05, 3.63) is 71.4 Å². The predicted octanol–water partition coefficient (Wildman–Crippen LogP) is 4.75. The molecule has 2 aromatic carbocycles. The summed E-state index contributed by atoms with van der Waals surface area (Å²) in [7, 11) is 3.20. The lowest BCUT2D eigenvalue weighted by molar-refractivity contribution is 0.102. The van der Waals surface area contributed by atoms with E-state index in [1.165, 1.54) is 0 Å². The van der Waals surface area contributed by atoms with Crippen LogP contribution in [0, 0.1) is 0 Å². The number of amides is 1. The Morgan fingerprint density at radius 2 is 1.85 bits per heavy atom. The summed E-state index contributed by atoms with van der Waals surface area (Å²) < 4.78 is 10.6. The van der Waals surface area contributed by atoms with Crippen molar-refractivity contribution in [1.82, 2.24) is 4.98 Å². The first-order valence-corrected chi connectivity index (χ1v) is 8.49. The molecule has 1 amide bonds. The zero-order valence-electron chi connectivity index (χ0n) is 14.8.